The van der Waals surface area contributed by atoms with Crippen molar-refractivity contribution in [3.05, 3.63) is 52.2 Å². The van der Waals surface area contributed by atoms with E-state index in [9.17, 15) is 0 Å². The number of halogens is 2. The van der Waals surface area contributed by atoms with Gasteiger partial charge in [-0.2, -0.15) is 0 Å². The molecule has 0 unspecified atom stereocenters. The summed E-state index contributed by atoms with van der Waals surface area (Å²) in [5, 5.41) is 0.452. The van der Waals surface area contributed by atoms with E-state index in [0.717, 1.165) is 10.2 Å². The van der Waals surface area contributed by atoms with Crippen LogP contribution in [0.15, 0.2) is 47.1 Å². The van der Waals surface area contributed by atoms with Crippen LogP contribution in [0.3, 0.4) is 0 Å². The number of aromatic nitrogens is 1. The van der Waals surface area contributed by atoms with Crippen molar-refractivity contribution in [2.24, 2.45) is 0 Å². The van der Waals surface area contributed by atoms with E-state index in [-0.39, 0.29) is 0 Å². The van der Waals surface area contributed by atoms with Crippen molar-refractivity contribution in [3.63, 3.8) is 0 Å². The van der Waals surface area contributed by atoms with Crippen LogP contribution in [0.25, 0.3) is 0 Å². The zero-order valence-electron chi connectivity index (χ0n) is 9.48. The molecular formula is C13H11BrClNO2. The Balaban J connectivity index is 1.73. The van der Waals surface area contributed by atoms with E-state index in [2.05, 4.69) is 20.9 Å². The summed E-state index contributed by atoms with van der Waals surface area (Å²) in [4.78, 5) is 3.92. The Bertz CT molecular complexity index is 440. The van der Waals surface area contributed by atoms with Gasteiger partial charge >= 0.3 is 0 Å². The van der Waals surface area contributed by atoms with Crippen LogP contribution in [-0.2, 0) is 0 Å². The summed E-state index contributed by atoms with van der Waals surface area (Å²) in [5.74, 6) is 1.50. The van der Waals surface area contributed by atoms with Crippen LogP contribution in [-0.4, -0.2) is 18.2 Å². The second-order valence-corrected chi connectivity index (χ2v) is 4.77. The van der Waals surface area contributed by atoms with E-state index in [1.54, 1.807) is 18.3 Å². The maximum Gasteiger partial charge on any atom is 0.137 e. The minimum absolute atomic E-state index is 0.452. The van der Waals surface area contributed by atoms with Gasteiger partial charge in [0.2, 0.25) is 0 Å². The van der Waals surface area contributed by atoms with Gasteiger partial charge in [-0.15, -0.1) is 0 Å². The standard InChI is InChI=1S/C13H11BrClNO2/c14-10-1-3-11(4-2-10)17-7-8-18-12-5-6-13(15)16-9-12/h1-6,9H,7-8H2. The molecule has 0 aliphatic heterocycles. The average Bonchev–Trinajstić information content (AvgIpc) is 2.39. The number of rotatable bonds is 5. The normalized spacial score (nSPS) is 10.1. The lowest BCUT2D eigenvalue weighted by Gasteiger charge is -2.08. The summed E-state index contributed by atoms with van der Waals surface area (Å²) in [6.07, 6.45) is 1.59. The van der Waals surface area contributed by atoms with Gasteiger partial charge in [0.05, 0.1) is 6.20 Å². The van der Waals surface area contributed by atoms with Gasteiger partial charge in [-0.05, 0) is 36.4 Å². The molecule has 94 valence electrons. The minimum atomic E-state index is 0.452. The molecule has 2 rings (SSSR count). The third-order valence-corrected chi connectivity index (χ3v) is 2.89. The predicted molar refractivity (Wildman–Crippen MR) is 74.4 cm³/mol. The van der Waals surface area contributed by atoms with E-state index in [0.29, 0.717) is 24.1 Å². The zero-order chi connectivity index (χ0) is 12.8. The topological polar surface area (TPSA) is 31.4 Å². The largest absolute Gasteiger partial charge is 0.490 e. The van der Waals surface area contributed by atoms with Crippen LogP contribution in [0.1, 0.15) is 0 Å². The Kier molecular flexibility index (Phi) is 4.84. The summed E-state index contributed by atoms with van der Waals surface area (Å²) in [6.45, 7) is 0.934. The molecule has 1 heterocycles. The fourth-order valence-corrected chi connectivity index (χ4v) is 1.67. The van der Waals surface area contributed by atoms with E-state index < -0.39 is 0 Å². The Morgan fingerprint density at radius 1 is 0.944 bits per heavy atom. The molecule has 0 bridgehead atoms. The van der Waals surface area contributed by atoms with Crippen molar-refractivity contribution in [1.82, 2.24) is 4.98 Å². The number of benzene rings is 1. The second-order valence-electron chi connectivity index (χ2n) is 3.47. The Morgan fingerprint density at radius 2 is 1.56 bits per heavy atom. The molecule has 2 aromatic rings. The average molecular weight is 329 g/mol. The first-order valence-electron chi connectivity index (χ1n) is 5.37. The van der Waals surface area contributed by atoms with Crippen LogP contribution in [0.2, 0.25) is 5.15 Å². The van der Waals surface area contributed by atoms with Crippen LogP contribution < -0.4 is 9.47 Å². The number of pyridine rings is 1. The lowest BCUT2D eigenvalue weighted by atomic mass is 10.3. The van der Waals surface area contributed by atoms with E-state index in [1.165, 1.54) is 0 Å². The van der Waals surface area contributed by atoms with Gasteiger partial charge in [0.1, 0.15) is 29.9 Å². The lowest BCUT2D eigenvalue weighted by molar-refractivity contribution is 0.216. The van der Waals surface area contributed by atoms with Crippen LogP contribution in [0.4, 0.5) is 0 Å². The van der Waals surface area contributed by atoms with Gasteiger partial charge in [-0.25, -0.2) is 4.98 Å². The Morgan fingerprint density at radius 3 is 2.17 bits per heavy atom. The summed E-state index contributed by atoms with van der Waals surface area (Å²) >= 11 is 9.04. The molecule has 0 amide bonds. The first-order valence-corrected chi connectivity index (χ1v) is 6.54. The minimum Gasteiger partial charge on any atom is -0.490 e. The molecule has 1 aromatic carbocycles. The van der Waals surface area contributed by atoms with Crippen molar-refractivity contribution in [3.8, 4) is 11.5 Å². The molecule has 0 atom stereocenters. The highest BCUT2D eigenvalue weighted by Crippen LogP contribution is 2.16. The monoisotopic (exact) mass is 327 g/mol. The van der Waals surface area contributed by atoms with Gasteiger partial charge in [0.25, 0.3) is 0 Å². The fraction of sp³-hybridized carbons (Fsp3) is 0.154. The molecule has 0 aliphatic rings. The zero-order valence-corrected chi connectivity index (χ0v) is 11.8. The van der Waals surface area contributed by atoms with Gasteiger partial charge in [-0.1, -0.05) is 27.5 Å². The van der Waals surface area contributed by atoms with Gasteiger partial charge < -0.3 is 9.47 Å². The van der Waals surface area contributed by atoms with Gasteiger partial charge in [0.15, 0.2) is 0 Å². The molecule has 18 heavy (non-hydrogen) atoms. The molecule has 0 saturated heterocycles. The van der Waals surface area contributed by atoms with Crippen molar-refractivity contribution in [2.45, 2.75) is 0 Å². The third kappa shape index (κ3) is 4.20. The molecular weight excluding hydrogens is 318 g/mol. The van der Waals surface area contributed by atoms with Crippen molar-refractivity contribution in [1.29, 1.82) is 0 Å². The first kappa shape index (κ1) is 13.2. The lowest BCUT2D eigenvalue weighted by Crippen LogP contribution is -2.08. The molecule has 0 saturated carbocycles. The maximum absolute atomic E-state index is 5.67. The van der Waals surface area contributed by atoms with E-state index in [1.807, 2.05) is 24.3 Å². The quantitative estimate of drug-likeness (QED) is 0.615. The highest BCUT2D eigenvalue weighted by atomic mass is 79.9. The Hall–Kier alpha value is -1.26. The van der Waals surface area contributed by atoms with Crippen molar-refractivity contribution >= 4 is 27.5 Å². The molecule has 0 spiro atoms. The Labute approximate surface area is 119 Å². The van der Waals surface area contributed by atoms with Crippen LogP contribution >= 0.6 is 27.5 Å². The molecule has 1 aromatic heterocycles. The molecule has 0 aliphatic carbocycles. The van der Waals surface area contributed by atoms with Gasteiger partial charge in [-0.3, -0.25) is 0 Å². The summed E-state index contributed by atoms with van der Waals surface area (Å²) < 4.78 is 12.0. The summed E-state index contributed by atoms with van der Waals surface area (Å²) in [7, 11) is 0. The molecule has 0 N–H and O–H groups in total. The van der Waals surface area contributed by atoms with E-state index in [4.69, 9.17) is 21.1 Å². The van der Waals surface area contributed by atoms with Crippen LogP contribution in [0, 0.1) is 0 Å². The fourth-order valence-electron chi connectivity index (χ4n) is 1.30. The number of hydrogen-bond acceptors (Lipinski definition) is 3. The second kappa shape index (κ2) is 6.61. The van der Waals surface area contributed by atoms with Crippen molar-refractivity contribution in [2.75, 3.05) is 13.2 Å². The van der Waals surface area contributed by atoms with Gasteiger partial charge in [0, 0.05) is 4.47 Å². The highest BCUT2D eigenvalue weighted by Gasteiger charge is 1.96. The predicted octanol–water partition coefficient (Wildman–Crippen LogP) is 3.96. The summed E-state index contributed by atoms with van der Waals surface area (Å²) in [6, 6.07) is 11.1. The molecule has 3 nitrogen and oxygen atoms in total. The number of nitrogens with zero attached hydrogens (tertiary/aromatic N) is 1. The van der Waals surface area contributed by atoms with Crippen LogP contribution in [0.5, 0.6) is 11.5 Å². The first-order chi connectivity index (χ1) is 8.74. The molecule has 5 heteroatoms. The maximum atomic E-state index is 5.67. The summed E-state index contributed by atoms with van der Waals surface area (Å²) in [5.41, 5.74) is 0. The van der Waals surface area contributed by atoms with E-state index >= 15 is 0 Å². The van der Waals surface area contributed by atoms with Crippen molar-refractivity contribution < 1.29 is 9.47 Å². The number of ether oxygens (including phenoxy) is 2. The number of hydrogen-bond donors (Lipinski definition) is 0. The molecule has 0 fully saturated rings. The SMILES string of the molecule is Clc1ccc(OCCOc2ccc(Br)cc2)cn1. The molecule has 0 radical (unpaired) electrons. The third-order valence-electron chi connectivity index (χ3n) is 2.13. The smallest absolute Gasteiger partial charge is 0.137 e. The highest BCUT2D eigenvalue weighted by molar-refractivity contribution is 9.10.